The molecular weight excluding hydrogens is 208 g/mol. The Morgan fingerprint density at radius 2 is 0.857 bits per heavy atom. The Kier molecular flexibility index (Phi) is 0.632. The van der Waals surface area contributed by atoms with Crippen LogP contribution in [0.1, 0.15) is 0 Å². The number of hydrogen-bond acceptors (Lipinski definition) is 6. The molecule has 0 bridgehead atoms. The molecule has 0 amide bonds. The molecule has 0 heterocycles. The Hall–Kier alpha value is -0.0917. The van der Waals surface area contributed by atoms with Gasteiger partial charge in [0.15, 0.2) is 0 Å². The second-order valence-corrected chi connectivity index (χ2v) is 10.1. The monoisotopic (exact) mass is 210 g/mol. The third-order valence-electron chi connectivity index (χ3n) is 0. The van der Waals surface area contributed by atoms with E-state index in [2.05, 4.69) is 9.82 Å². The summed E-state index contributed by atoms with van der Waals surface area (Å²) in [6, 6.07) is 0. The van der Waals surface area contributed by atoms with Crippen LogP contribution in [0, 0.1) is 0 Å². The van der Waals surface area contributed by atoms with E-state index < -0.39 is 11.6 Å². The molecule has 0 rings (SSSR count). The number of rotatable bonds is 0. The fraction of sp³-hybridized carbons (Fsp3) is 0. The Balaban J connectivity index is 8.86. The second kappa shape index (κ2) is 0.640. The van der Waals surface area contributed by atoms with Crippen molar-refractivity contribution in [3.63, 3.8) is 0 Å². The van der Waals surface area contributed by atoms with Crippen LogP contribution in [0.3, 0.4) is 0 Å². The predicted molar refractivity (Wildman–Crippen MR) is 11.0 cm³/mol. The molecule has 42 valence electrons. The van der Waals surface area contributed by atoms with Gasteiger partial charge in [-0.15, -0.1) is 0 Å². The quantitative estimate of drug-likeness (QED) is 0.523. The van der Waals surface area contributed by atoms with Gasteiger partial charge < -0.3 is 0 Å². The molecule has 0 saturated heterocycles. The van der Waals surface area contributed by atoms with E-state index in [1.807, 2.05) is 0 Å². The van der Waals surface area contributed by atoms with Gasteiger partial charge in [0.25, 0.3) is 0 Å². The Morgan fingerprint density at radius 1 is 0.857 bits per heavy atom. The molecule has 0 aliphatic carbocycles. The van der Waals surface area contributed by atoms with Crippen LogP contribution in [0.4, 0.5) is 0 Å². The standard InChI is InChI=1S/Mo.5O.S. The first-order chi connectivity index (χ1) is 2.45. The summed E-state index contributed by atoms with van der Waals surface area (Å²) in [6.07, 6.45) is 0. The fourth-order valence-electron chi connectivity index (χ4n) is 0. The van der Waals surface area contributed by atoms with E-state index in [0.29, 0.717) is 0 Å². The minimum atomic E-state index is -8.85. The zero-order valence-corrected chi connectivity index (χ0v) is 5.68. The van der Waals surface area contributed by atoms with Gasteiger partial charge in [0.1, 0.15) is 0 Å². The van der Waals surface area contributed by atoms with Crippen molar-refractivity contribution < 1.29 is 28.5 Å². The average Bonchev–Trinajstić information content (AvgIpc) is 0.592. The van der Waals surface area contributed by atoms with E-state index in [1.165, 1.54) is 0 Å². The van der Waals surface area contributed by atoms with Gasteiger partial charge in [-0.05, 0) is 0 Å². The minimum absolute atomic E-state index is 2.65. The Morgan fingerprint density at radius 3 is 0.857 bits per heavy atom. The molecule has 7 heavy (non-hydrogen) atoms. The van der Waals surface area contributed by atoms with Crippen LogP contribution in [0.5, 0.6) is 0 Å². The van der Waals surface area contributed by atoms with Crippen molar-refractivity contribution >= 4 is 9.82 Å². The maximum atomic E-state index is 9.04. The molecule has 0 aromatic carbocycles. The zero-order valence-electron chi connectivity index (χ0n) is 2.86. The first-order valence-electron chi connectivity index (χ1n) is 1.00. The third-order valence-corrected chi connectivity index (χ3v) is 0. The van der Waals surface area contributed by atoms with Gasteiger partial charge in [0.2, 0.25) is 0 Å². The molecule has 0 unspecified atom stereocenters. The molecule has 0 radical (unpaired) electrons. The SMILES string of the molecule is [O]=[Mo](=[O])(=[O])(=[O])(=[O])=[S]. The summed E-state index contributed by atoms with van der Waals surface area (Å²) in [5, 5.41) is 0. The van der Waals surface area contributed by atoms with Gasteiger partial charge in [0.05, 0.1) is 0 Å². The Bertz CT molecular complexity index is 436. The van der Waals surface area contributed by atoms with Crippen LogP contribution in [-0.2, 0) is 28.5 Å². The molecule has 0 spiro atoms. The molecule has 0 aliphatic heterocycles. The third kappa shape index (κ3) is 10700. The summed E-state index contributed by atoms with van der Waals surface area (Å²) in [4.78, 5) is 0. The van der Waals surface area contributed by atoms with E-state index in [-0.39, 0.29) is 0 Å². The summed E-state index contributed by atoms with van der Waals surface area (Å²) in [6.45, 7) is 0. The normalized spacial score (nSPS) is 12.0. The maximum absolute atomic E-state index is 9.04. The summed E-state index contributed by atoms with van der Waals surface area (Å²) in [5.41, 5.74) is 0. The topological polar surface area (TPSA) is 85.3 Å². The van der Waals surface area contributed by atoms with Crippen molar-refractivity contribution in [2.45, 2.75) is 0 Å². The van der Waals surface area contributed by atoms with Gasteiger partial charge in [0, 0.05) is 0 Å². The summed E-state index contributed by atoms with van der Waals surface area (Å²) >= 11 is -8.85. The van der Waals surface area contributed by atoms with Crippen molar-refractivity contribution in [3.05, 3.63) is 0 Å². The summed E-state index contributed by atoms with van der Waals surface area (Å²) in [5.74, 6) is 0. The molecular formula is MoO5S. The van der Waals surface area contributed by atoms with Gasteiger partial charge in [-0.3, -0.25) is 0 Å². The summed E-state index contributed by atoms with van der Waals surface area (Å²) in [7, 11) is 2.65. The van der Waals surface area contributed by atoms with Crippen LogP contribution in [-0.4, -0.2) is 0 Å². The van der Waals surface area contributed by atoms with E-state index in [4.69, 9.17) is 17.0 Å². The van der Waals surface area contributed by atoms with Gasteiger partial charge in [-0.25, -0.2) is 0 Å². The number of hydrogen-bond donors (Lipinski definition) is 0. The summed E-state index contributed by atoms with van der Waals surface area (Å²) < 4.78 is 45.2. The van der Waals surface area contributed by atoms with Crippen LogP contribution in [0.15, 0.2) is 0 Å². The van der Waals surface area contributed by atoms with Crippen molar-refractivity contribution in [3.8, 4) is 0 Å². The second-order valence-electron chi connectivity index (χ2n) is 1.02. The van der Waals surface area contributed by atoms with E-state index >= 15 is 0 Å². The van der Waals surface area contributed by atoms with Crippen LogP contribution in [0.25, 0.3) is 0 Å². The van der Waals surface area contributed by atoms with Crippen molar-refractivity contribution in [1.82, 2.24) is 0 Å². The first-order valence-corrected chi connectivity index (χ1v) is 7.89. The molecule has 0 saturated carbocycles. The van der Waals surface area contributed by atoms with E-state index in [0.717, 1.165) is 0 Å². The molecule has 0 atom stereocenters. The molecule has 0 fully saturated rings. The zero-order chi connectivity index (χ0) is 6.41. The van der Waals surface area contributed by atoms with Crippen LogP contribution < -0.4 is 0 Å². The average molecular weight is 208 g/mol. The van der Waals surface area contributed by atoms with Crippen LogP contribution >= 0.6 is 9.82 Å². The van der Waals surface area contributed by atoms with E-state index in [9.17, 15) is 0 Å². The molecule has 0 aromatic heterocycles. The van der Waals surface area contributed by atoms with E-state index in [1.54, 1.807) is 0 Å². The van der Waals surface area contributed by atoms with Crippen molar-refractivity contribution in [1.29, 1.82) is 0 Å². The fourth-order valence-corrected chi connectivity index (χ4v) is 0. The van der Waals surface area contributed by atoms with Crippen molar-refractivity contribution in [2.75, 3.05) is 0 Å². The molecule has 0 aliphatic rings. The molecule has 0 N–H and O–H groups in total. The Labute approximate surface area is 38.8 Å². The van der Waals surface area contributed by atoms with Gasteiger partial charge in [-0.1, -0.05) is 0 Å². The predicted octanol–water partition coefficient (Wildman–Crippen LogP) is 0.0517. The molecule has 0 aromatic rings. The van der Waals surface area contributed by atoms with Gasteiger partial charge in [-0.2, -0.15) is 0 Å². The molecule has 5 nitrogen and oxygen atoms in total. The van der Waals surface area contributed by atoms with Gasteiger partial charge >= 0.3 is 38.4 Å². The first kappa shape index (κ1) is 6.91. The molecule has 7 heteroatoms. The van der Waals surface area contributed by atoms with Crippen molar-refractivity contribution in [2.24, 2.45) is 0 Å². The van der Waals surface area contributed by atoms with Crippen LogP contribution in [0.2, 0.25) is 0 Å².